The summed E-state index contributed by atoms with van der Waals surface area (Å²) in [6.45, 7) is 4.52. The van der Waals surface area contributed by atoms with Gasteiger partial charge in [-0.05, 0) is 20.5 Å². The van der Waals surface area contributed by atoms with Gasteiger partial charge in [-0.2, -0.15) is 0 Å². The highest BCUT2D eigenvalue weighted by molar-refractivity contribution is 7.07. The number of nitrogens with zero attached hydrogens (tertiary/aromatic N) is 3. The van der Waals surface area contributed by atoms with Crippen molar-refractivity contribution in [2.75, 3.05) is 33.7 Å². The molecule has 1 aromatic rings. The Morgan fingerprint density at radius 2 is 2.12 bits per heavy atom. The van der Waals surface area contributed by atoms with Crippen LogP contribution in [-0.4, -0.2) is 54.4 Å². The summed E-state index contributed by atoms with van der Waals surface area (Å²) in [6.07, 6.45) is 0.976. The van der Waals surface area contributed by atoms with Crippen LogP contribution in [-0.2, 0) is 0 Å². The maximum atomic E-state index is 12.1. The number of rotatable bonds is 6. The minimum absolute atomic E-state index is 0.0463. The summed E-state index contributed by atoms with van der Waals surface area (Å²) in [7, 11) is 4.02. The molecule has 0 fully saturated rings. The molecule has 0 atom stereocenters. The third kappa shape index (κ3) is 3.90. The van der Waals surface area contributed by atoms with Gasteiger partial charge in [-0.25, -0.2) is 4.98 Å². The van der Waals surface area contributed by atoms with Crippen LogP contribution in [0.5, 0.6) is 0 Å². The molecule has 0 aromatic carbocycles. The lowest BCUT2D eigenvalue weighted by atomic mass is 10.3. The van der Waals surface area contributed by atoms with Crippen LogP contribution >= 0.6 is 11.3 Å². The summed E-state index contributed by atoms with van der Waals surface area (Å²) in [5.41, 5.74) is 2.26. The predicted molar refractivity (Wildman–Crippen MR) is 66.9 cm³/mol. The van der Waals surface area contributed by atoms with Gasteiger partial charge in [0, 0.05) is 25.0 Å². The summed E-state index contributed by atoms with van der Waals surface area (Å²) < 4.78 is 0. The van der Waals surface area contributed by atoms with E-state index < -0.39 is 0 Å². The SMILES string of the molecule is CCCN(CCN(C)C)C(=O)c1cscn1. The highest BCUT2D eigenvalue weighted by atomic mass is 32.1. The van der Waals surface area contributed by atoms with E-state index in [-0.39, 0.29) is 5.91 Å². The number of thiazole rings is 1. The van der Waals surface area contributed by atoms with Crippen molar-refractivity contribution in [3.05, 3.63) is 16.6 Å². The van der Waals surface area contributed by atoms with Crippen molar-refractivity contribution in [1.82, 2.24) is 14.8 Å². The van der Waals surface area contributed by atoms with Gasteiger partial charge in [0.2, 0.25) is 0 Å². The Morgan fingerprint density at radius 3 is 2.62 bits per heavy atom. The first-order valence-electron chi connectivity index (χ1n) is 5.47. The molecule has 0 bridgehead atoms. The van der Waals surface area contributed by atoms with E-state index in [9.17, 15) is 4.79 Å². The molecule has 0 spiro atoms. The fourth-order valence-corrected chi connectivity index (χ4v) is 1.91. The standard InChI is InChI=1S/C11H19N3OS/c1-4-5-14(7-6-13(2)3)11(15)10-8-16-9-12-10/h8-9H,4-7H2,1-3H3. The van der Waals surface area contributed by atoms with E-state index in [1.54, 1.807) is 10.9 Å². The Hall–Kier alpha value is -0.940. The topological polar surface area (TPSA) is 36.4 Å². The summed E-state index contributed by atoms with van der Waals surface area (Å²) in [4.78, 5) is 20.1. The molecule has 0 radical (unpaired) electrons. The quantitative estimate of drug-likeness (QED) is 0.758. The van der Waals surface area contributed by atoms with E-state index in [2.05, 4.69) is 16.8 Å². The van der Waals surface area contributed by atoms with Gasteiger partial charge in [0.25, 0.3) is 5.91 Å². The van der Waals surface area contributed by atoms with Crippen LogP contribution in [0.25, 0.3) is 0 Å². The zero-order valence-electron chi connectivity index (χ0n) is 10.1. The molecule has 0 aliphatic rings. The average Bonchev–Trinajstić information content (AvgIpc) is 2.76. The molecule has 1 aromatic heterocycles. The second kappa shape index (κ2) is 6.60. The minimum Gasteiger partial charge on any atom is -0.336 e. The molecule has 1 rings (SSSR count). The van der Waals surface area contributed by atoms with Crippen molar-refractivity contribution < 1.29 is 4.79 Å². The Balaban J connectivity index is 2.58. The third-order valence-corrected chi connectivity index (χ3v) is 2.84. The second-order valence-electron chi connectivity index (χ2n) is 3.97. The lowest BCUT2D eigenvalue weighted by molar-refractivity contribution is 0.0740. The molecular formula is C11H19N3OS. The largest absolute Gasteiger partial charge is 0.336 e. The van der Waals surface area contributed by atoms with Gasteiger partial charge >= 0.3 is 0 Å². The number of carbonyl (C=O) groups excluding carboxylic acids is 1. The number of amides is 1. The molecule has 4 nitrogen and oxygen atoms in total. The summed E-state index contributed by atoms with van der Waals surface area (Å²) >= 11 is 1.46. The molecule has 0 aliphatic carbocycles. The first-order valence-corrected chi connectivity index (χ1v) is 6.41. The Labute approximate surface area is 101 Å². The first-order chi connectivity index (χ1) is 7.65. The van der Waals surface area contributed by atoms with Crippen molar-refractivity contribution in [3.8, 4) is 0 Å². The van der Waals surface area contributed by atoms with E-state index in [1.165, 1.54) is 11.3 Å². The first kappa shape index (κ1) is 13.1. The van der Waals surface area contributed by atoms with Gasteiger partial charge in [0.1, 0.15) is 5.69 Å². The van der Waals surface area contributed by atoms with Crippen molar-refractivity contribution in [2.24, 2.45) is 0 Å². The van der Waals surface area contributed by atoms with E-state index >= 15 is 0 Å². The van der Waals surface area contributed by atoms with Gasteiger partial charge in [-0.3, -0.25) is 4.79 Å². The molecule has 0 N–H and O–H groups in total. The predicted octanol–water partition coefficient (Wildman–Crippen LogP) is 1.56. The van der Waals surface area contributed by atoms with Crippen molar-refractivity contribution in [2.45, 2.75) is 13.3 Å². The smallest absolute Gasteiger partial charge is 0.273 e. The Morgan fingerprint density at radius 1 is 1.38 bits per heavy atom. The molecular weight excluding hydrogens is 222 g/mol. The summed E-state index contributed by atoms with van der Waals surface area (Å²) in [5.74, 6) is 0.0463. The number of hydrogen-bond acceptors (Lipinski definition) is 4. The van der Waals surface area contributed by atoms with Crippen LogP contribution in [0, 0.1) is 0 Å². The molecule has 0 saturated heterocycles. The van der Waals surface area contributed by atoms with Gasteiger partial charge in [0.05, 0.1) is 5.51 Å². The van der Waals surface area contributed by atoms with Gasteiger partial charge in [-0.15, -0.1) is 11.3 Å². The molecule has 0 saturated carbocycles. The third-order valence-electron chi connectivity index (χ3n) is 2.25. The van der Waals surface area contributed by atoms with Crippen molar-refractivity contribution in [1.29, 1.82) is 0 Å². The maximum absolute atomic E-state index is 12.1. The lowest BCUT2D eigenvalue weighted by Gasteiger charge is -2.23. The molecule has 0 unspecified atom stereocenters. The van der Waals surface area contributed by atoms with Crippen LogP contribution in [0.2, 0.25) is 0 Å². The fraction of sp³-hybridized carbons (Fsp3) is 0.636. The molecule has 0 aliphatic heterocycles. The number of likely N-dealkylation sites (N-methyl/N-ethyl adjacent to an activating group) is 1. The van der Waals surface area contributed by atoms with E-state index in [4.69, 9.17) is 0 Å². The highest BCUT2D eigenvalue weighted by Gasteiger charge is 2.16. The van der Waals surface area contributed by atoms with E-state index in [0.717, 1.165) is 26.1 Å². The number of hydrogen-bond donors (Lipinski definition) is 0. The summed E-state index contributed by atoms with van der Waals surface area (Å²) in [6, 6.07) is 0. The van der Waals surface area contributed by atoms with Crippen molar-refractivity contribution in [3.63, 3.8) is 0 Å². The monoisotopic (exact) mass is 241 g/mol. The van der Waals surface area contributed by atoms with Crippen LogP contribution in [0.4, 0.5) is 0 Å². The van der Waals surface area contributed by atoms with E-state index in [1.807, 2.05) is 19.0 Å². The summed E-state index contributed by atoms with van der Waals surface area (Å²) in [5, 5.41) is 1.81. The zero-order valence-corrected chi connectivity index (χ0v) is 11.0. The number of aromatic nitrogens is 1. The van der Waals surface area contributed by atoms with Crippen LogP contribution < -0.4 is 0 Å². The van der Waals surface area contributed by atoms with Gasteiger partial charge in [-0.1, -0.05) is 6.92 Å². The fourth-order valence-electron chi connectivity index (χ4n) is 1.39. The maximum Gasteiger partial charge on any atom is 0.273 e. The average molecular weight is 241 g/mol. The molecule has 5 heteroatoms. The van der Waals surface area contributed by atoms with Crippen LogP contribution in [0.1, 0.15) is 23.8 Å². The number of carbonyl (C=O) groups is 1. The molecule has 1 heterocycles. The highest BCUT2D eigenvalue weighted by Crippen LogP contribution is 2.06. The second-order valence-corrected chi connectivity index (χ2v) is 4.69. The van der Waals surface area contributed by atoms with Crippen LogP contribution in [0.3, 0.4) is 0 Å². The Bertz CT molecular complexity index is 311. The minimum atomic E-state index is 0.0463. The van der Waals surface area contributed by atoms with Crippen LogP contribution in [0.15, 0.2) is 10.9 Å². The molecule has 1 amide bonds. The molecule has 16 heavy (non-hydrogen) atoms. The zero-order chi connectivity index (χ0) is 12.0. The van der Waals surface area contributed by atoms with E-state index in [0.29, 0.717) is 5.69 Å². The normalized spacial score (nSPS) is 10.8. The van der Waals surface area contributed by atoms with Gasteiger partial charge in [0.15, 0.2) is 0 Å². The molecule has 90 valence electrons. The van der Waals surface area contributed by atoms with Crippen molar-refractivity contribution >= 4 is 17.2 Å². The van der Waals surface area contributed by atoms with Gasteiger partial charge < -0.3 is 9.80 Å². The Kier molecular flexibility index (Phi) is 5.42. The lowest BCUT2D eigenvalue weighted by Crippen LogP contribution is -2.37.